The number of aryl methyl sites for hydroxylation is 2. The van der Waals surface area contributed by atoms with E-state index in [1.807, 2.05) is 12.1 Å². The van der Waals surface area contributed by atoms with E-state index in [1.165, 1.54) is 34.8 Å². The van der Waals surface area contributed by atoms with Crippen LogP contribution in [0.2, 0.25) is 0 Å². The van der Waals surface area contributed by atoms with Gasteiger partial charge < -0.3 is 9.47 Å². The van der Waals surface area contributed by atoms with Gasteiger partial charge in [-0.05, 0) is 61.4 Å². The molecule has 1 N–H and O–H groups in total. The Morgan fingerprint density at radius 1 is 1.23 bits per heavy atom. The summed E-state index contributed by atoms with van der Waals surface area (Å²) in [6.45, 7) is 2.69. The summed E-state index contributed by atoms with van der Waals surface area (Å²) in [4.78, 5) is 31.9. The highest BCUT2D eigenvalue weighted by molar-refractivity contribution is 7.18. The lowest BCUT2D eigenvalue weighted by atomic mass is 9.97. The van der Waals surface area contributed by atoms with Crippen LogP contribution in [0, 0.1) is 0 Å². The van der Waals surface area contributed by atoms with E-state index in [2.05, 4.69) is 22.4 Å². The second-order valence-electron chi connectivity index (χ2n) is 8.68. The van der Waals surface area contributed by atoms with E-state index in [9.17, 15) is 9.59 Å². The molecule has 0 fully saturated rings. The third-order valence-electron chi connectivity index (χ3n) is 6.10. The van der Waals surface area contributed by atoms with E-state index in [-0.39, 0.29) is 12.1 Å². The number of aromatic nitrogens is 2. The predicted molar refractivity (Wildman–Crippen MR) is 139 cm³/mol. The van der Waals surface area contributed by atoms with E-state index < -0.39 is 5.91 Å². The van der Waals surface area contributed by atoms with E-state index >= 15 is 0 Å². The number of nitrogens with zero attached hydrogens (tertiary/aromatic N) is 3. The number of benzene rings is 1. The number of carbonyl (C=O) groups excluding carboxylic acids is 1. The summed E-state index contributed by atoms with van der Waals surface area (Å²) in [6.07, 6.45) is 11.7. The van der Waals surface area contributed by atoms with Crippen molar-refractivity contribution in [2.24, 2.45) is 5.10 Å². The van der Waals surface area contributed by atoms with Crippen LogP contribution in [0.4, 0.5) is 0 Å². The average molecular weight is 497 g/mol. The molecule has 0 bridgehead atoms. The molecule has 8 nitrogen and oxygen atoms in total. The molecule has 1 amide bonds. The zero-order valence-corrected chi connectivity index (χ0v) is 21.2. The topological polar surface area (TPSA) is 94.8 Å². The molecule has 3 aromatic rings. The number of hydrogen-bond donors (Lipinski definition) is 1. The van der Waals surface area contributed by atoms with Gasteiger partial charge in [-0.2, -0.15) is 5.10 Å². The minimum atomic E-state index is -0.396. The smallest absolute Gasteiger partial charge is 0.262 e. The fourth-order valence-corrected chi connectivity index (χ4v) is 5.48. The monoisotopic (exact) mass is 496 g/mol. The Labute approximate surface area is 209 Å². The van der Waals surface area contributed by atoms with Gasteiger partial charge in [0, 0.05) is 4.88 Å². The third-order valence-corrected chi connectivity index (χ3v) is 7.30. The van der Waals surface area contributed by atoms with Crippen molar-refractivity contribution in [2.45, 2.75) is 64.8 Å². The number of hydrogen-bond acceptors (Lipinski definition) is 7. The molecule has 0 atom stereocenters. The summed E-state index contributed by atoms with van der Waals surface area (Å²) in [5.41, 5.74) is 4.20. The Morgan fingerprint density at radius 3 is 2.91 bits per heavy atom. The number of methoxy groups -OCH3 is 1. The fraction of sp³-hybridized carbons (Fsp3) is 0.462. The molecular formula is C26H32N4O4S. The SMILES string of the molecule is CCCCCCOc1ccc(/C=N/NC(=O)Cn2cnc3sc4c(c3c2=O)CCCC4)cc1OC. The maximum absolute atomic E-state index is 13.0. The Morgan fingerprint density at radius 2 is 2.09 bits per heavy atom. The van der Waals surface area contributed by atoms with Crippen molar-refractivity contribution >= 4 is 33.7 Å². The van der Waals surface area contributed by atoms with Crippen molar-refractivity contribution in [2.75, 3.05) is 13.7 Å². The molecule has 0 radical (unpaired) electrons. The molecular weight excluding hydrogens is 464 g/mol. The summed E-state index contributed by atoms with van der Waals surface area (Å²) in [7, 11) is 1.59. The van der Waals surface area contributed by atoms with Gasteiger partial charge in [-0.25, -0.2) is 10.4 Å². The molecule has 1 aliphatic rings. The molecule has 0 aliphatic heterocycles. The van der Waals surface area contributed by atoms with Crippen molar-refractivity contribution in [3.8, 4) is 11.5 Å². The molecule has 1 aliphatic carbocycles. The van der Waals surface area contributed by atoms with Crippen molar-refractivity contribution in [3.63, 3.8) is 0 Å². The maximum Gasteiger partial charge on any atom is 0.262 e. The third kappa shape index (κ3) is 6.08. The first kappa shape index (κ1) is 24.9. The van der Waals surface area contributed by atoms with Gasteiger partial charge in [-0.3, -0.25) is 14.2 Å². The Balaban J connectivity index is 1.36. The molecule has 1 aromatic carbocycles. The second-order valence-corrected chi connectivity index (χ2v) is 9.76. The molecule has 9 heteroatoms. The number of ether oxygens (including phenoxy) is 2. The van der Waals surface area contributed by atoms with Crippen molar-refractivity contribution in [3.05, 3.63) is 50.9 Å². The van der Waals surface area contributed by atoms with Crippen LogP contribution < -0.4 is 20.5 Å². The lowest BCUT2D eigenvalue weighted by Crippen LogP contribution is -2.30. The van der Waals surface area contributed by atoms with E-state index in [0.29, 0.717) is 23.5 Å². The second kappa shape index (κ2) is 12.0. The van der Waals surface area contributed by atoms with Gasteiger partial charge in [-0.1, -0.05) is 26.2 Å². The molecule has 186 valence electrons. The number of rotatable bonds is 11. The van der Waals surface area contributed by atoms with Crippen molar-refractivity contribution < 1.29 is 14.3 Å². The normalized spacial score (nSPS) is 13.2. The zero-order chi connectivity index (χ0) is 24.6. The zero-order valence-electron chi connectivity index (χ0n) is 20.3. The van der Waals surface area contributed by atoms with Crippen LogP contribution in [0.3, 0.4) is 0 Å². The van der Waals surface area contributed by atoms with Gasteiger partial charge in [0.15, 0.2) is 11.5 Å². The van der Waals surface area contributed by atoms with Gasteiger partial charge in [-0.15, -0.1) is 11.3 Å². The summed E-state index contributed by atoms with van der Waals surface area (Å²) in [5, 5.41) is 4.71. The first-order valence-electron chi connectivity index (χ1n) is 12.2. The molecule has 0 saturated heterocycles. The Bertz CT molecular complexity index is 1260. The molecule has 2 aromatic heterocycles. The minimum Gasteiger partial charge on any atom is -0.493 e. The fourth-order valence-electron chi connectivity index (χ4n) is 4.26. The molecule has 0 spiro atoms. The van der Waals surface area contributed by atoms with Crippen LogP contribution in [0.15, 0.2) is 34.4 Å². The van der Waals surface area contributed by atoms with E-state index in [1.54, 1.807) is 24.5 Å². The standard InChI is InChI=1S/C26H32N4O4S/c1-3-4-5-8-13-34-20-12-11-18(14-21(20)33-2)15-28-29-23(31)16-30-17-27-25-24(26(30)32)19-9-6-7-10-22(19)35-25/h11-12,14-15,17H,3-10,13,16H2,1-2H3,(H,29,31)/b28-15+. The summed E-state index contributed by atoms with van der Waals surface area (Å²) >= 11 is 1.60. The van der Waals surface area contributed by atoms with Gasteiger partial charge in [0.25, 0.3) is 11.5 Å². The molecule has 0 unspecified atom stereocenters. The number of thiophene rings is 1. The van der Waals surface area contributed by atoms with Crippen LogP contribution in [0.1, 0.15) is 61.5 Å². The molecule has 0 saturated carbocycles. The van der Waals surface area contributed by atoms with Gasteiger partial charge >= 0.3 is 0 Å². The predicted octanol–water partition coefficient (Wildman–Crippen LogP) is 4.45. The van der Waals surface area contributed by atoms with Gasteiger partial charge in [0.2, 0.25) is 0 Å². The number of carbonyl (C=O) groups is 1. The number of nitrogens with one attached hydrogen (secondary N) is 1. The lowest BCUT2D eigenvalue weighted by molar-refractivity contribution is -0.121. The molecule has 2 heterocycles. The van der Waals surface area contributed by atoms with E-state index in [0.717, 1.165) is 54.5 Å². The summed E-state index contributed by atoms with van der Waals surface area (Å²) in [5.74, 6) is 0.899. The van der Waals surface area contributed by atoms with Gasteiger partial charge in [0.05, 0.1) is 31.6 Å². The number of fused-ring (bicyclic) bond motifs is 3. The first-order valence-corrected chi connectivity index (χ1v) is 13.0. The summed E-state index contributed by atoms with van der Waals surface area (Å²) < 4.78 is 12.6. The van der Waals surface area contributed by atoms with E-state index in [4.69, 9.17) is 9.47 Å². The van der Waals surface area contributed by atoms with Crippen molar-refractivity contribution in [1.29, 1.82) is 0 Å². The summed E-state index contributed by atoms with van der Waals surface area (Å²) in [6, 6.07) is 5.49. The highest BCUT2D eigenvalue weighted by Gasteiger charge is 2.20. The van der Waals surface area contributed by atoms with Crippen LogP contribution in [0.25, 0.3) is 10.2 Å². The Hall–Kier alpha value is -3.20. The largest absolute Gasteiger partial charge is 0.493 e. The Kier molecular flexibility index (Phi) is 8.52. The quantitative estimate of drug-likeness (QED) is 0.240. The van der Waals surface area contributed by atoms with Crippen LogP contribution in [0.5, 0.6) is 11.5 Å². The van der Waals surface area contributed by atoms with Gasteiger partial charge in [0.1, 0.15) is 11.4 Å². The number of amides is 1. The number of unbranched alkanes of at least 4 members (excludes halogenated alkanes) is 3. The maximum atomic E-state index is 13.0. The first-order chi connectivity index (χ1) is 17.1. The average Bonchev–Trinajstić information content (AvgIpc) is 3.25. The minimum absolute atomic E-state index is 0.141. The van der Waals surface area contributed by atoms with Crippen LogP contribution >= 0.6 is 11.3 Å². The lowest BCUT2D eigenvalue weighted by Gasteiger charge is -2.11. The van der Waals surface area contributed by atoms with Crippen LogP contribution in [-0.4, -0.2) is 35.4 Å². The number of hydrazone groups is 1. The molecule has 35 heavy (non-hydrogen) atoms. The molecule has 4 rings (SSSR count). The van der Waals surface area contributed by atoms with Crippen LogP contribution in [-0.2, 0) is 24.2 Å². The van der Waals surface area contributed by atoms with Crippen molar-refractivity contribution in [1.82, 2.24) is 15.0 Å². The highest BCUT2D eigenvalue weighted by Crippen LogP contribution is 2.33. The highest BCUT2D eigenvalue weighted by atomic mass is 32.1.